The van der Waals surface area contributed by atoms with E-state index in [0.29, 0.717) is 0 Å². The molecule has 104 valence electrons. The normalized spacial score (nSPS) is 25.3. The summed E-state index contributed by atoms with van der Waals surface area (Å²) in [7, 11) is 0. The molecule has 1 atom stereocenters. The zero-order valence-electron chi connectivity index (χ0n) is 12.0. The SMILES string of the molecule is Cc1oc(C)c(C(=O)C2CCOC3(CCC3)C2)c1C. The van der Waals surface area contributed by atoms with Gasteiger partial charge in [-0.25, -0.2) is 0 Å². The van der Waals surface area contributed by atoms with Gasteiger partial charge >= 0.3 is 0 Å². The van der Waals surface area contributed by atoms with Crippen LogP contribution in [0, 0.1) is 26.7 Å². The third-order valence-corrected chi connectivity index (χ3v) is 4.94. The number of ketones is 1. The Morgan fingerprint density at radius 3 is 2.47 bits per heavy atom. The fourth-order valence-corrected chi connectivity index (χ4v) is 3.53. The summed E-state index contributed by atoms with van der Waals surface area (Å²) in [6, 6.07) is 0. The van der Waals surface area contributed by atoms with Gasteiger partial charge in [0.2, 0.25) is 0 Å². The molecule has 0 bridgehead atoms. The number of ether oxygens (including phenoxy) is 1. The lowest BCUT2D eigenvalue weighted by molar-refractivity contribution is -0.137. The monoisotopic (exact) mass is 262 g/mol. The minimum Gasteiger partial charge on any atom is -0.466 e. The molecule has 1 aromatic rings. The second-order valence-electron chi connectivity index (χ2n) is 6.15. The number of carbonyl (C=O) groups excluding carboxylic acids is 1. The standard InChI is InChI=1S/C16H22O3/c1-10-11(2)19-12(3)14(10)15(17)13-5-8-18-16(9-13)6-4-7-16/h13H,4-9H2,1-3H3. The lowest BCUT2D eigenvalue weighted by Gasteiger charge is -2.46. The van der Waals surface area contributed by atoms with Crippen molar-refractivity contribution in [3.63, 3.8) is 0 Å². The molecule has 1 aliphatic heterocycles. The van der Waals surface area contributed by atoms with Gasteiger partial charge < -0.3 is 9.15 Å². The number of Topliss-reactive ketones (excluding diaryl/α,β-unsaturated/α-hetero) is 1. The molecule has 3 heteroatoms. The van der Waals surface area contributed by atoms with Crippen LogP contribution in [0.1, 0.15) is 59.5 Å². The predicted molar refractivity (Wildman–Crippen MR) is 72.5 cm³/mol. The van der Waals surface area contributed by atoms with Crippen molar-refractivity contribution < 1.29 is 13.9 Å². The quantitative estimate of drug-likeness (QED) is 0.762. The van der Waals surface area contributed by atoms with Gasteiger partial charge in [0.15, 0.2) is 5.78 Å². The van der Waals surface area contributed by atoms with Crippen LogP contribution in [0.4, 0.5) is 0 Å². The van der Waals surface area contributed by atoms with Crippen LogP contribution < -0.4 is 0 Å². The Bertz CT molecular complexity index is 508. The minimum atomic E-state index is 0.0270. The Kier molecular flexibility index (Phi) is 3.05. The molecule has 3 rings (SSSR count). The third-order valence-electron chi connectivity index (χ3n) is 4.94. The third kappa shape index (κ3) is 2.04. The van der Waals surface area contributed by atoms with Crippen molar-refractivity contribution in [3.8, 4) is 0 Å². The van der Waals surface area contributed by atoms with Crippen molar-refractivity contribution in [2.75, 3.05) is 6.61 Å². The topological polar surface area (TPSA) is 39.4 Å². The molecule has 3 nitrogen and oxygen atoms in total. The minimum absolute atomic E-state index is 0.0270. The number of furan rings is 1. The van der Waals surface area contributed by atoms with E-state index in [0.717, 1.165) is 54.9 Å². The summed E-state index contributed by atoms with van der Waals surface area (Å²) in [4.78, 5) is 12.8. The van der Waals surface area contributed by atoms with Crippen molar-refractivity contribution in [1.29, 1.82) is 0 Å². The molecule has 19 heavy (non-hydrogen) atoms. The van der Waals surface area contributed by atoms with Gasteiger partial charge in [-0.3, -0.25) is 4.79 Å². The van der Waals surface area contributed by atoms with E-state index in [1.54, 1.807) is 0 Å². The Morgan fingerprint density at radius 2 is 1.95 bits per heavy atom. The summed E-state index contributed by atoms with van der Waals surface area (Å²) in [5.74, 6) is 2.02. The molecule has 0 N–H and O–H groups in total. The summed E-state index contributed by atoms with van der Waals surface area (Å²) in [5.41, 5.74) is 1.86. The molecule has 0 radical (unpaired) electrons. The van der Waals surface area contributed by atoms with Crippen LogP contribution in [0.3, 0.4) is 0 Å². The summed E-state index contributed by atoms with van der Waals surface area (Å²) >= 11 is 0. The molecule has 1 aliphatic carbocycles. The molecule has 2 aliphatic rings. The van der Waals surface area contributed by atoms with Crippen LogP contribution in [0.5, 0.6) is 0 Å². The van der Waals surface area contributed by atoms with E-state index in [2.05, 4.69) is 0 Å². The average molecular weight is 262 g/mol. The fourth-order valence-electron chi connectivity index (χ4n) is 3.53. The van der Waals surface area contributed by atoms with E-state index in [-0.39, 0.29) is 17.3 Å². The second-order valence-corrected chi connectivity index (χ2v) is 6.15. The second kappa shape index (κ2) is 4.48. The van der Waals surface area contributed by atoms with Crippen LogP contribution in [-0.4, -0.2) is 18.0 Å². The molecule has 1 spiro atoms. The highest BCUT2D eigenvalue weighted by atomic mass is 16.5. The highest BCUT2D eigenvalue weighted by molar-refractivity contribution is 6.00. The lowest BCUT2D eigenvalue weighted by atomic mass is 9.70. The van der Waals surface area contributed by atoms with E-state index < -0.39 is 0 Å². The summed E-state index contributed by atoms with van der Waals surface area (Å²) in [6.07, 6.45) is 5.24. The van der Waals surface area contributed by atoms with E-state index in [9.17, 15) is 4.79 Å². The molecular weight excluding hydrogens is 240 g/mol. The highest BCUT2D eigenvalue weighted by Gasteiger charge is 2.44. The summed E-state index contributed by atoms with van der Waals surface area (Å²) in [6.45, 7) is 6.53. The van der Waals surface area contributed by atoms with Crippen molar-refractivity contribution >= 4 is 5.78 Å². The molecule has 0 aromatic carbocycles. The number of aryl methyl sites for hydroxylation is 2. The van der Waals surface area contributed by atoms with Gasteiger partial charge in [-0.1, -0.05) is 0 Å². The first-order chi connectivity index (χ1) is 9.02. The first kappa shape index (κ1) is 12.9. The zero-order chi connectivity index (χ0) is 13.6. The van der Waals surface area contributed by atoms with Crippen molar-refractivity contribution in [1.82, 2.24) is 0 Å². The fraction of sp³-hybridized carbons (Fsp3) is 0.688. The molecule has 1 saturated heterocycles. The van der Waals surface area contributed by atoms with Gasteiger partial charge in [-0.05, 0) is 52.9 Å². The molecule has 1 unspecified atom stereocenters. The number of hydrogen-bond acceptors (Lipinski definition) is 3. The van der Waals surface area contributed by atoms with Crippen molar-refractivity contribution in [2.45, 2.75) is 58.5 Å². The van der Waals surface area contributed by atoms with Gasteiger partial charge in [0.1, 0.15) is 11.5 Å². The van der Waals surface area contributed by atoms with Gasteiger partial charge in [0, 0.05) is 18.1 Å². The first-order valence-corrected chi connectivity index (χ1v) is 7.27. The first-order valence-electron chi connectivity index (χ1n) is 7.27. The maximum atomic E-state index is 12.8. The van der Waals surface area contributed by atoms with Gasteiger partial charge in [0.25, 0.3) is 0 Å². The number of rotatable bonds is 2. The summed E-state index contributed by atoms with van der Waals surface area (Å²) in [5, 5.41) is 0. The summed E-state index contributed by atoms with van der Waals surface area (Å²) < 4.78 is 11.5. The van der Waals surface area contributed by atoms with Crippen LogP contribution in [0.25, 0.3) is 0 Å². The van der Waals surface area contributed by atoms with Gasteiger partial charge in [-0.15, -0.1) is 0 Å². The Hall–Kier alpha value is -1.09. The van der Waals surface area contributed by atoms with E-state index in [1.165, 1.54) is 6.42 Å². The van der Waals surface area contributed by atoms with Crippen molar-refractivity contribution in [2.24, 2.45) is 5.92 Å². The van der Waals surface area contributed by atoms with E-state index in [4.69, 9.17) is 9.15 Å². The molecule has 1 aromatic heterocycles. The average Bonchev–Trinajstić information content (AvgIpc) is 2.61. The van der Waals surface area contributed by atoms with E-state index in [1.807, 2.05) is 20.8 Å². The molecular formula is C16H22O3. The van der Waals surface area contributed by atoms with Crippen LogP contribution in [-0.2, 0) is 4.74 Å². The Balaban J connectivity index is 1.83. The Labute approximate surface area is 114 Å². The van der Waals surface area contributed by atoms with Crippen LogP contribution in [0.15, 0.2) is 4.42 Å². The zero-order valence-corrected chi connectivity index (χ0v) is 12.0. The van der Waals surface area contributed by atoms with Crippen LogP contribution in [0.2, 0.25) is 0 Å². The highest BCUT2D eigenvalue weighted by Crippen LogP contribution is 2.45. The van der Waals surface area contributed by atoms with E-state index >= 15 is 0 Å². The molecule has 0 amide bonds. The smallest absolute Gasteiger partial charge is 0.169 e. The Morgan fingerprint density at radius 1 is 1.21 bits per heavy atom. The maximum absolute atomic E-state index is 12.8. The largest absolute Gasteiger partial charge is 0.466 e. The lowest BCUT2D eigenvalue weighted by Crippen LogP contribution is -2.47. The maximum Gasteiger partial charge on any atom is 0.169 e. The number of carbonyl (C=O) groups is 1. The molecule has 2 heterocycles. The predicted octanol–water partition coefficient (Wildman–Crippen LogP) is 3.74. The molecule has 2 fully saturated rings. The van der Waals surface area contributed by atoms with Gasteiger partial charge in [0.05, 0.1) is 11.2 Å². The van der Waals surface area contributed by atoms with Crippen molar-refractivity contribution in [3.05, 3.63) is 22.6 Å². The molecule has 1 saturated carbocycles. The van der Waals surface area contributed by atoms with Gasteiger partial charge in [-0.2, -0.15) is 0 Å². The van der Waals surface area contributed by atoms with Crippen LogP contribution >= 0.6 is 0 Å². The number of hydrogen-bond donors (Lipinski definition) is 0.